The van der Waals surface area contributed by atoms with Crippen molar-refractivity contribution in [3.05, 3.63) is 15.3 Å². The molecule has 0 aliphatic rings. The fourth-order valence-electron chi connectivity index (χ4n) is 0.572. The Hall–Kier alpha value is -0.820. The lowest BCUT2D eigenvalue weighted by Gasteiger charge is -2.06. The maximum absolute atomic E-state index is 12.6. The Morgan fingerprint density at radius 3 is 2.46 bits per heavy atom. The number of hydrogen-bond acceptors (Lipinski definition) is 3. The molecule has 0 spiro atoms. The summed E-state index contributed by atoms with van der Waals surface area (Å²) in [6, 6.07) is 0. The maximum atomic E-state index is 12.6. The number of carbonyl (C=O) groups is 1. The normalized spacial score (nSPS) is 11.7. The molecule has 3 nitrogen and oxygen atoms in total. The molecule has 0 unspecified atom stereocenters. The average molecular weight is 232 g/mol. The van der Waals surface area contributed by atoms with Crippen LogP contribution in [0.2, 0.25) is 4.47 Å². The van der Waals surface area contributed by atoms with Gasteiger partial charge < -0.3 is 5.11 Å². The zero-order valence-corrected chi connectivity index (χ0v) is 7.30. The van der Waals surface area contributed by atoms with Crippen molar-refractivity contribution in [3.8, 4) is 0 Å². The fraction of sp³-hybridized carbons (Fsp3) is 0.200. The van der Waals surface area contributed by atoms with Crippen molar-refractivity contribution in [1.29, 1.82) is 0 Å². The van der Waals surface area contributed by atoms with Crippen LogP contribution in [0.15, 0.2) is 0 Å². The van der Waals surface area contributed by atoms with Crippen molar-refractivity contribution in [2.45, 2.75) is 5.92 Å². The van der Waals surface area contributed by atoms with Crippen LogP contribution in [-0.4, -0.2) is 16.1 Å². The van der Waals surface area contributed by atoms with Crippen LogP contribution < -0.4 is 0 Å². The summed E-state index contributed by atoms with van der Waals surface area (Å²) in [6.45, 7) is 0. The van der Waals surface area contributed by atoms with E-state index in [0.29, 0.717) is 0 Å². The zero-order chi connectivity index (χ0) is 10.2. The van der Waals surface area contributed by atoms with E-state index in [0.717, 1.165) is 0 Å². The van der Waals surface area contributed by atoms with Crippen LogP contribution in [0.1, 0.15) is 5.69 Å². The number of carboxylic acids is 1. The predicted molar refractivity (Wildman–Crippen MR) is 38.6 cm³/mol. The number of aliphatic carboxylic acids is 1. The number of halogens is 4. The number of rotatable bonds is 2. The van der Waals surface area contributed by atoms with Gasteiger partial charge in [-0.1, -0.05) is 22.9 Å². The van der Waals surface area contributed by atoms with Gasteiger partial charge in [0.2, 0.25) is 5.13 Å². The third-order valence-electron chi connectivity index (χ3n) is 1.13. The molecule has 1 aromatic heterocycles. The highest BCUT2D eigenvalue weighted by Gasteiger charge is 2.46. The Kier molecular flexibility index (Phi) is 2.49. The first-order valence-electron chi connectivity index (χ1n) is 2.79. The Morgan fingerprint density at radius 1 is 1.62 bits per heavy atom. The van der Waals surface area contributed by atoms with E-state index in [1.807, 2.05) is 0 Å². The van der Waals surface area contributed by atoms with Crippen LogP contribution in [0.5, 0.6) is 0 Å². The monoisotopic (exact) mass is 231 g/mol. The molecule has 0 fully saturated rings. The average Bonchev–Trinajstić information content (AvgIpc) is 2.30. The van der Waals surface area contributed by atoms with Crippen LogP contribution >= 0.6 is 22.9 Å². The predicted octanol–water partition coefficient (Wildman–Crippen LogP) is 2.11. The van der Waals surface area contributed by atoms with Gasteiger partial charge in [0.05, 0.1) is 0 Å². The van der Waals surface area contributed by atoms with E-state index >= 15 is 0 Å². The second-order valence-corrected chi connectivity index (χ2v) is 3.50. The molecule has 0 aliphatic carbocycles. The lowest BCUT2D eigenvalue weighted by Crippen LogP contribution is -2.26. The third kappa shape index (κ3) is 1.75. The second kappa shape index (κ2) is 3.15. The minimum absolute atomic E-state index is 0.158. The minimum atomic E-state index is -4.34. The summed E-state index contributed by atoms with van der Waals surface area (Å²) >= 11 is 5.28. The SMILES string of the molecule is O=C(O)C(F)(F)c1nc(Cl)sc1F. The van der Waals surface area contributed by atoms with Crippen LogP contribution in [-0.2, 0) is 10.7 Å². The van der Waals surface area contributed by atoms with Crippen LogP contribution in [0.3, 0.4) is 0 Å². The van der Waals surface area contributed by atoms with E-state index in [-0.39, 0.29) is 11.3 Å². The topological polar surface area (TPSA) is 50.2 Å². The Bertz CT molecular complexity index is 354. The summed E-state index contributed by atoms with van der Waals surface area (Å²) in [5.41, 5.74) is -1.45. The van der Waals surface area contributed by atoms with Gasteiger partial charge in [-0.05, 0) is 0 Å². The number of aromatic nitrogens is 1. The van der Waals surface area contributed by atoms with Crippen molar-refractivity contribution in [3.63, 3.8) is 0 Å². The van der Waals surface area contributed by atoms with Crippen molar-refractivity contribution in [2.75, 3.05) is 0 Å². The molecule has 0 aromatic carbocycles. The summed E-state index contributed by atoms with van der Waals surface area (Å²) in [4.78, 5) is 12.9. The van der Waals surface area contributed by atoms with Gasteiger partial charge in [-0.3, -0.25) is 0 Å². The van der Waals surface area contributed by atoms with E-state index in [4.69, 9.17) is 16.7 Å². The first kappa shape index (κ1) is 10.3. The number of alkyl halides is 2. The number of carboxylic acid groups (broad SMARTS) is 1. The molecule has 0 amide bonds. The van der Waals surface area contributed by atoms with Crippen molar-refractivity contribution in [1.82, 2.24) is 4.98 Å². The van der Waals surface area contributed by atoms with Gasteiger partial charge in [-0.25, -0.2) is 9.78 Å². The number of thiazole rings is 1. The van der Waals surface area contributed by atoms with E-state index in [1.54, 1.807) is 0 Å². The van der Waals surface area contributed by atoms with Crippen LogP contribution in [0.4, 0.5) is 13.2 Å². The van der Waals surface area contributed by atoms with Crippen molar-refractivity contribution in [2.24, 2.45) is 0 Å². The Balaban J connectivity index is 3.21. The van der Waals surface area contributed by atoms with E-state index in [1.165, 1.54) is 0 Å². The lowest BCUT2D eigenvalue weighted by molar-refractivity contribution is -0.167. The molecule has 0 atom stereocenters. The highest BCUT2D eigenvalue weighted by Crippen LogP contribution is 2.33. The molecular formula is C5HClF3NO2S. The smallest absolute Gasteiger partial charge is 0.388 e. The number of nitrogens with zero attached hydrogens (tertiary/aromatic N) is 1. The van der Waals surface area contributed by atoms with E-state index in [2.05, 4.69) is 4.98 Å². The summed E-state index contributed by atoms with van der Waals surface area (Å²) < 4.78 is 37.3. The van der Waals surface area contributed by atoms with Gasteiger partial charge in [0.1, 0.15) is 0 Å². The van der Waals surface area contributed by atoms with Crippen LogP contribution in [0, 0.1) is 5.13 Å². The molecule has 0 radical (unpaired) electrons. The minimum Gasteiger partial charge on any atom is -0.476 e. The summed E-state index contributed by atoms with van der Waals surface area (Å²) in [5.74, 6) is -6.80. The van der Waals surface area contributed by atoms with Gasteiger partial charge in [0.15, 0.2) is 10.2 Å². The van der Waals surface area contributed by atoms with Crippen molar-refractivity contribution >= 4 is 28.9 Å². The first-order valence-corrected chi connectivity index (χ1v) is 3.98. The first-order chi connectivity index (χ1) is 5.85. The standard InChI is InChI=1S/C5HClF3NO2S/c6-4-10-1(2(7)13-4)5(8,9)3(11)12/h(H,11,12). The summed E-state index contributed by atoms with van der Waals surface area (Å²) in [7, 11) is 0. The third-order valence-corrected chi connectivity index (χ3v) is 2.07. The molecular weight excluding hydrogens is 231 g/mol. The zero-order valence-electron chi connectivity index (χ0n) is 5.72. The molecule has 1 aromatic rings. The highest BCUT2D eigenvalue weighted by molar-refractivity contribution is 7.14. The van der Waals surface area contributed by atoms with Gasteiger partial charge >= 0.3 is 11.9 Å². The molecule has 0 aliphatic heterocycles. The molecule has 1 rings (SSSR count). The van der Waals surface area contributed by atoms with Gasteiger partial charge in [0, 0.05) is 0 Å². The van der Waals surface area contributed by atoms with E-state index in [9.17, 15) is 18.0 Å². The molecule has 8 heteroatoms. The number of hydrogen-bond donors (Lipinski definition) is 1. The molecule has 1 N–H and O–H groups in total. The Morgan fingerprint density at radius 2 is 2.15 bits per heavy atom. The molecule has 0 bridgehead atoms. The maximum Gasteiger partial charge on any atom is 0.388 e. The highest BCUT2D eigenvalue weighted by atomic mass is 35.5. The van der Waals surface area contributed by atoms with Crippen molar-refractivity contribution < 1.29 is 23.1 Å². The van der Waals surface area contributed by atoms with E-state index < -0.39 is 27.2 Å². The molecule has 1 heterocycles. The largest absolute Gasteiger partial charge is 0.476 e. The molecule has 13 heavy (non-hydrogen) atoms. The van der Waals surface area contributed by atoms with Gasteiger partial charge in [-0.2, -0.15) is 13.2 Å². The fourth-order valence-corrected chi connectivity index (χ4v) is 1.41. The van der Waals surface area contributed by atoms with Gasteiger partial charge in [-0.15, -0.1) is 0 Å². The molecule has 0 saturated heterocycles. The summed E-state index contributed by atoms with van der Waals surface area (Å²) in [5, 5.41) is 6.64. The molecule has 0 saturated carbocycles. The quantitative estimate of drug-likeness (QED) is 0.848. The summed E-state index contributed by atoms with van der Waals surface area (Å²) in [6.07, 6.45) is 0. The Labute approximate surface area is 78.8 Å². The lowest BCUT2D eigenvalue weighted by atomic mass is 10.3. The van der Waals surface area contributed by atoms with Crippen LogP contribution in [0.25, 0.3) is 0 Å². The molecule has 72 valence electrons. The second-order valence-electron chi connectivity index (χ2n) is 1.97. The van der Waals surface area contributed by atoms with Gasteiger partial charge in [0.25, 0.3) is 0 Å².